The zero-order valence-corrected chi connectivity index (χ0v) is 31.6. The molecule has 2 heterocycles. The Bertz CT molecular complexity index is 2990. The van der Waals surface area contributed by atoms with Crippen LogP contribution in [0.2, 0.25) is 0 Å². The van der Waals surface area contributed by atoms with Gasteiger partial charge in [-0.25, -0.2) is 0 Å². The van der Waals surface area contributed by atoms with Crippen molar-refractivity contribution < 1.29 is 0 Å². The summed E-state index contributed by atoms with van der Waals surface area (Å²) in [6.45, 7) is 9.01. The smallest absolute Gasteiger partial charge is 0.136 e. The van der Waals surface area contributed by atoms with Crippen molar-refractivity contribution in [2.24, 2.45) is 4.99 Å². The Labute approximate surface area is 322 Å². The topological polar surface area (TPSA) is 28.5 Å². The minimum absolute atomic E-state index is 0.293. The third kappa shape index (κ3) is 5.33. The van der Waals surface area contributed by atoms with E-state index in [1.807, 2.05) is 12.4 Å². The number of aliphatic imine (C=N–C) groups is 1. The summed E-state index contributed by atoms with van der Waals surface area (Å²) >= 11 is 0. The number of hydrogen-bond acceptors (Lipinski definition) is 3. The van der Waals surface area contributed by atoms with Crippen LogP contribution in [0.25, 0.3) is 76.5 Å². The van der Waals surface area contributed by atoms with Gasteiger partial charge < -0.3 is 4.90 Å². The van der Waals surface area contributed by atoms with Gasteiger partial charge in [-0.15, -0.1) is 0 Å². The molecule has 55 heavy (non-hydrogen) atoms. The molecule has 0 saturated carbocycles. The van der Waals surface area contributed by atoms with Crippen LogP contribution in [0.1, 0.15) is 33.3 Å². The summed E-state index contributed by atoms with van der Waals surface area (Å²) in [5, 5.41) is 9.88. The Morgan fingerprint density at radius 3 is 1.56 bits per heavy atom. The Balaban J connectivity index is 1.22. The third-order valence-electron chi connectivity index (χ3n) is 12.1. The maximum absolute atomic E-state index is 5.31. The second-order valence-electron chi connectivity index (χ2n) is 15.9. The van der Waals surface area contributed by atoms with Gasteiger partial charge in [-0.05, 0) is 123 Å². The summed E-state index contributed by atoms with van der Waals surface area (Å²) in [7, 11) is 0. The maximum Gasteiger partial charge on any atom is 0.136 e. The highest BCUT2D eigenvalue weighted by atomic mass is 15.3. The maximum atomic E-state index is 5.31. The van der Waals surface area contributed by atoms with E-state index in [0.29, 0.717) is 0 Å². The Morgan fingerprint density at radius 1 is 0.400 bits per heavy atom. The fourth-order valence-electron chi connectivity index (χ4n) is 8.59. The number of fused-ring (bicyclic) bond motifs is 4. The van der Waals surface area contributed by atoms with Crippen LogP contribution in [-0.2, 0) is 0 Å². The van der Waals surface area contributed by atoms with E-state index in [9.17, 15) is 0 Å². The lowest BCUT2D eigenvalue weighted by Gasteiger charge is -2.41. The van der Waals surface area contributed by atoms with E-state index in [-0.39, 0.29) is 11.1 Å². The molecule has 0 fully saturated rings. The molecule has 3 heteroatoms. The van der Waals surface area contributed by atoms with Crippen LogP contribution >= 0.6 is 0 Å². The highest BCUT2D eigenvalue weighted by molar-refractivity contribution is 6.22. The molecule has 1 aliphatic rings. The van der Waals surface area contributed by atoms with Gasteiger partial charge in [-0.2, -0.15) is 0 Å². The molecular formula is C52H41N3. The molecule has 0 aliphatic carbocycles. The molecule has 8 aromatic carbocycles. The molecule has 0 bridgehead atoms. The number of anilines is 1. The molecule has 0 atom stereocenters. The molecule has 0 saturated heterocycles. The molecule has 10 rings (SSSR count). The molecule has 0 unspecified atom stereocenters. The third-order valence-corrected chi connectivity index (χ3v) is 12.1. The van der Waals surface area contributed by atoms with E-state index < -0.39 is 0 Å². The number of benzene rings is 8. The molecule has 3 nitrogen and oxygen atoms in total. The first-order chi connectivity index (χ1) is 26.8. The van der Waals surface area contributed by atoms with Crippen molar-refractivity contribution in [3.63, 3.8) is 0 Å². The number of rotatable bonds is 5. The van der Waals surface area contributed by atoms with Crippen LogP contribution in [0.3, 0.4) is 0 Å². The molecule has 0 radical (unpaired) electrons. The highest BCUT2D eigenvalue weighted by Gasteiger charge is 2.49. The van der Waals surface area contributed by atoms with E-state index in [2.05, 4.69) is 196 Å². The first kappa shape index (κ1) is 33.0. The fourth-order valence-corrected chi connectivity index (χ4v) is 8.59. The van der Waals surface area contributed by atoms with Crippen molar-refractivity contribution in [2.45, 2.75) is 38.8 Å². The van der Waals surface area contributed by atoms with Crippen molar-refractivity contribution in [1.82, 2.24) is 4.98 Å². The second-order valence-corrected chi connectivity index (χ2v) is 15.9. The Kier molecular flexibility index (Phi) is 7.50. The van der Waals surface area contributed by atoms with Gasteiger partial charge >= 0.3 is 0 Å². The summed E-state index contributed by atoms with van der Waals surface area (Å²) in [6.07, 6.45) is 3.98. The van der Waals surface area contributed by atoms with Crippen LogP contribution in [0.4, 0.5) is 5.69 Å². The lowest BCUT2D eigenvalue weighted by Crippen LogP contribution is -2.53. The van der Waals surface area contributed by atoms with E-state index in [1.54, 1.807) is 0 Å². The van der Waals surface area contributed by atoms with Gasteiger partial charge in [0.25, 0.3) is 0 Å². The van der Waals surface area contributed by atoms with Crippen LogP contribution in [0.15, 0.2) is 181 Å². The predicted molar refractivity (Wildman–Crippen MR) is 234 cm³/mol. The fraction of sp³-hybridized carbons (Fsp3) is 0.115. The second kappa shape index (κ2) is 12.5. The lowest BCUT2D eigenvalue weighted by molar-refractivity contribution is 0.338. The zero-order chi connectivity index (χ0) is 37.3. The molecule has 0 amide bonds. The van der Waals surface area contributed by atoms with Crippen molar-refractivity contribution in [2.75, 3.05) is 4.90 Å². The standard InChI is InChI=1S/C52H41N3/c1-51(2)52(3,4)55(50(54-51)36-16-6-5-7-17-36)43-30-42(32-53-33-43)39-26-27-46-47(31-39)49(41-25-23-35-15-9-11-19-38(35)29-41)45-21-13-12-20-44(45)48(46)40-24-22-34-14-8-10-18-37(34)28-40/h5-33H,1-4H3. The van der Waals surface area contributed by atoms with Crippen molar-refractivity contribution in [1.29, 1.82) is 0 Å². The van der Waals surface area contributed by atoms with Crippen molar-refractivity contribution in [3.8, 4) is 33.4 Å². The minimum atomic E-state index is -0.313. The predicted octanol–water partition coefficient (Wildman–Crippen LogP) is 13.5. The SMILES string of the molecule is CC1(C)N=C(c2ccccc2)N(c2cncc(-c3ccc4c(-c5ccc6ccccc6c5)c5ccccc5c(-c5ccc6ccccc6c5)c4c3)c2)C1(C)C. The number of nitrogens with zero attached hydrogens (tertiary/aromatic N) is 3. The van der Waals surface area contributed by atoms with Gasteiger partial charge in [0.15, 0.2) is 0 Å². The average Bonchev–Trinajstić information content (AvgIpc) is 3.42. The summed E-state index contributed by atoms with van der Waals surface area (Å²) < 4.78 is 0. The zero-order valence-electron chi connectivity index (χ0n) is 31.6. The Morgan fingerprint density at radius 2 is 0.927 bits per heavy atom. The number of amidine groups is 1. The van der Waals surface area contributed by atoms with E-state index >= 15 is 0 Å². The quantitative estimate of drug-likeness (QED) is 0.167. The summed E-state index contributed by atoms with van der Waals surface area (Å²) in [4.78, 5) is 12.6. The Hall–Kier alpha value is -6.58. The number of pyridine rings is 1. The largest absolute Gasteiger partial charge is 0.317 e. The lowest BCUT2D eigenvalue weighted by atomic mass is 9.83. The molecule has 9 aromatic rings. The highest BCUT2D eigenvalue weighted by Crippen LogP contribution is 2.47. The van der Waals surface area contributed by atoms with Crippen molar-refractivity contribution in [3.05, 3.63) is 182 Å². The molecule has 1 aromatic heterocycles. The van der Waals surface area contributed by atoms with Gasteiger partial charge in [0.05, 0.1) is 23.0 Å². The molecule has 1 aliphatic heterocycles. The van der Waals surface area contributed by atoms with E-state index in [1.165, 1.54) is 65.3 Å². The average molecular weight is 708 g/mol. The summed E-state index contributed by atoms with van der Waals surface area (Å²) in [5.74, 6) is 0.971. The summed E-state index contributed by atoms with van der Waals surface area (Å²) in [6, 6.07) is 59.8. The van der Waals surface area contributed by atoms with Crippen LogP contribution in [0.5, 0.6) is 0 Å². The molecule has 0 spiro atoms. The number of aromatic nitrogens is 1. The van der Waals surface area contributed by atoms with E-state index in [0.717, 1.165) is 28.2 Å². The van der Waals surface area contributed by atoms with Crippen LogP contribution in [0, 0.1) is 0 Å². The molecular weight excluding hydrogens is 667 g/mol. The molecule has 264 valence electrons. The monoisotopic (exact) mass is 707 g/mol. The first-order valence-corrected chi connectivity index (χ1v) is 19.1. The normalized spacial score (nSPS) is 14.9. The van der Waals surface area contributed by atoms with Gasteiger partial charge in [0, 0.05) is 17.3 Å². The van der Waals surface area contributed by atoms with E-state index in [4.69, 9.17) is 9.98 Å². The van der Waals surface area contributed by atoms with Gasteiger partial charge in [0.2, 0.25) is 0 Å². The van der Waals surface area contributed by atoms with Crippen LogP contribution in [-0.4, -0.2) is 21.9 Å². The number of hydrogen-bond donors (Lipinski definition) is 0. The summed E-state index contributed by atoms with van der Waals surface area (Å²) in [5.41, 5.74) is 8.63. The first-order valence-electron chi connectivity index (χ1n) is 19.1. The van der Waals surface area contributed by atoms with Gasteiger partial charge in [0.1, 0.15) is 5.84 Å². The minimum Gasteiger partial charge on any atom is -0.317 e. The van der Waals surface area contributed by atoms with Crippen molar-refractivity contribution >= 4 is 54.6 Å². The molecule has 0 N–H and O–H groups in total. The van der Waals surface area contributed by atoms with Gasteiger partial charge in [-0.3, -0.25) is 9.98 Å². The van der Waals surface area contributed by atoms with Crippen LogP contribution < -0.4 is 4.90 Å². The van der Waals surface area contributed by atoms with Gasteiger partial charge in [-0.1, -0.05) is 140 Å².